The molecule has 0 bridgehead atoms. The van der Waals surface area contributed by atoms with Crippen LogP contribution in [0.5, 0.6) is 5.75 Å². The standard InChI is InChI=1S/C15H25NO3/c1-4-19-13-8-6-5-7-12(13)9-15(18,11(2)3)14(17)10-16/h5-8,11,14,17-18H,4,9-10,16H2,1-3H3. The molecule has 0 heterocycles. The Bertz CT molecular complexity index is 395. The number of hydrogen-bond donors (Lipinski definition) is 3. The molecule has 0 saturated heterocycles. The molecule has 0 fully saturated rings. The first-order valence-electron chi connectivity index (χ1n) is 6.76. The molecule has 19 heavy (non-hydrogen) atoms. The number of ether oxygens (including phenoxy) is 1. The lowest BCUT2D eigenvalue weighted by Gasteiger charge is -2.36. The third-order valence-electron chi connectivity index (χ3n) is 3.55. The summed E-state index contributed by atoms with van der Waals surface area (Å²) in [4.78, 5) is 0. The van der Waals surface area contributed by atoms with Crippen LogP contribution in [0.1, 0.15) is 26.3 Å². The second-order valence-electron chi connectivity index (χ2n) is 5.11. The van der Waals surface area contributed by atoms with Crippen molar-refractivity contribution in [1.29, 1.82) is 0 Å². The van der Waals surface area contributed by atoms with Gasteiger partial charge in [0, 0.05) is 13.0 Å². The number of aliphatic hydroxyl groups excluding tert-OH is 1. The minimum atomic E-state index is -1.25. The number of aliphatic hydroxyl groups is 2. The van der Waals surface area contributed by atoms with Gasteiger partial charge in [-0.15, -0.1) is 0 Å². The predicted molar refractivity (Wildman–Crippen MR) is 76.2 cm³/mol. The van der Waals surface area contributed by atoms with Gasteiger partial charge in [0.15, 0.2) is 0 Å². The molecule has 4 N–H and O–H groups in total. The van der Waals surface area contributed by atoms with Gasteiger partial charge in [-0.1, -0.05) is 32.0 Å². The molecule has 0 aliphatic rings. The van der Waals surface area contributed by atoms with E-state index in [1.54, 1.807) is 0 Å². The first-order chi connectivity index (χ1) is 8.95. The number of para-hydroxylation sites is 1. The first-order valence-corrected chi connectivity index (χ1v) is 6.76. The van der Waals surface area contributed by atoms with Crippen LogP contribution in [-0.4, -0.2) is 35.1 Å². The summed E-state index contributed by atoms with van der Waals surface area (Å²) in [5.74, 6) is 0.633. The van der Waals surface area contributed by atoms with Crippen LogP contribution >= 0.6 is 0 Å². The van der Waals surface area contributed by atoms with Crippen LogP contribution < -0.4 is 10.5 Å². The average Bonchev–Trinajstić information content (AvgIpc) is 2.40. The summed E-state index contributed by atoms with van der Waals surface area (Å²) in [5, 5.41) is 20.7. The third kappa shape index (κ3) is 3.69. The molecule has 4 heteroatoms. The second-order valence-corrected chi connectivity index (χ2v) is 5.11. The number of nitrogens with two attached hydrogens (primary N) is 1. The quantitative estimate of drug-likeness (QED) is 0.697. The van der Waals surface area contributed by atoms with Crippen LogP contribution in [0, 0.1) is 5.92 Å². The minimum Gasteiger partial charge on any atom is -0.494 e. The van der Waals surface area contributed by atoms with Gasteiger partial charge in [-0.25, -0.2) is 0 Å². The summed E-state index contributed by atoms with van der Waals surface area (Å²) in [6.07, 6.45) is -0.638. The molecule has 1 rings (SSSR count). The molecule has 0 spiro atoms. The highest BCUT2D eigenvalue weighted by atomic mass is 16.5. The van der Waals surface area contributed by atoms with E-state index in [0.717, 1.165) is 11.3 Å². The summed E-state index contributed by atoms with van der Waals surface area (Å²) in [5.41, 5.74) is 5.14. The van der Waals surface area contributed by atoms with Gasteiger partial charge in [-0.2, -0.15) is 0 Å². The summed E-state index contributed by atoms with van der Waals surface area (Å²) < 4.78 is 5.55. The van der Waals surface area contributed by atoms with Gasteiger partial charge >= 0.3 is 0 Å². The summed E-state index contributed by atoms with van der Waals surface area (Å²) in [7, 11) is 0. The van der Waals surface area contributed by atoms with Crippen LogP contribution in [0.2, 0.25) is 0 Å². The van der Waals surface area contributed by atoms with E-state index in [1.807, 2.05) is 45.0 Å². The van der Waals surface area contributed by atoms with Crippen LogP contribution in [0.3, 0.4) is 0 Å². The van der Waals surface area contributed by atoms with E-state index < -0.39 is 11.7 Å². The molecule has 2 atom stereocenters. The molecule has 0 amide bonds. The van der Waals surface area contributed by atoms with Crippen LogP contribution in [0.25, 0.3) is 0 Å². The van der Waals surface area contributed by atoms with Crippen LogP contribution in [0.15, 0.2) is 24.3 Å². The maximum atomic E-state index is 10.7. The number of benzene rings is 1. The Morgan fingerprint density at radius 3 is 2.47 bits per heavy atom. The van der Waals surface area contributed by atoms with Crippen molar-refractivity contribution in [2.45, 2.75) is 38.9 Å². The van der Waals surface area contributed by atoms with Crippen molar-refractivity contribution < 1.29 is 14.9 Å². The molecule has 108 valence electrons. The average molecular weight is 267 g/mol. The lowest BCUT2D eigenvalue weighted by atomic mass is 9.79. The molecule has 0 aliphatic heterocycles. The highest BCUT2D eigenvalue weighted by Gasteiger charge is 2.38. The van der Waals surface area contributed by atoms with Crippen molar-refractivity contribution in [3.05, 3.63) is 29.8 Å². The van der Waals surface area contributed by atoms with Crippen LogP contribution in [0.4, 0.5) is 0 Å². The lowest BCUT2D eigenvalue weighted by Crippen LogP contribution is -2.52. The first kappa shape index (κ1) is 16.0. The largest absolute Gasteiger partial charge is 0.494 e. The Balaban J connectivity index is 3.03. The van der Waals surface area contributed by atoms with E-state index in [9.17, 15) is 10.2 Å². The van der Waals surface area contributed by atoms with Crippen molar-refractivity contribution in [1.82, 2.24) is 0 Å². The SMILES string of the molecule is CCOc1ccccc1CC(O)(C(C)C)C(O)CN. The maximum absolute atomic E-state index is 10.7. The second kappa shape index (κ2) is 6.89. The summed E-state index contributed by atoms with van der Waals surface area (Å²) >= 11 is 0. The van der Waals surface area contributed by atoms with Crippen LogP contribution in [-0.2, 0) is 6.42 Å². The van der Waals surface area contributed by atoms with E-state index >= 15 is 0 Å². The van der Waals surface area contributed by atoms with Crippen molar-refractivity contribution >= 4 is 0 Å². The van der Waals surface area contributed by atoms with Gasteiger partial charge in [0.2, 0.25) is 0 Å². The molecular formula is C15H25NO3. The van der Waals surface area contributed by atoms with Gasteiger partial charge in [-0.3, -0.25) is 0 Å². The Hall–Kier alpha value is -1.10. The highest BCUT2D eigenvalue weighted by molar-refractivity contribution is 5.34. The maximum Gasteiger partial charge on any atom is 0.122 e. The fraction of sp³-hybridized carbons (Fsp3) is 0.600. The van der Waals surface area contributed by atoms with Gasteiger partial charge in [0.1, 0.15) is 5.75 Å². The zero-order valence-electron chi connectivity index (χ0n) is 12.0. The molecule has 1 aromatic carbocycles. The minimum absolute atomic E-state index is 0.0332. The Kier molecular flexibility index (Phi) is 5.79. The third-order valence-corrected chi connectivity index (χ3v) is 3.55. The molecule has 0 saturated carbocycles. The Labute approximate surface area is 115 Å². The fourth-order valence-electron chi connectivity index (χ4n) is 2.16. The molecular weight excluding hydrogens is 242 g/mol. The van der Waals surface area contributed by atoms with Crippen molar-refractivity contribution in [3.8, 4) is 5.75 Å². The van der Waals surface area contributed by atoms with Gasteiger partial charge < -0.3 is 20.7 Å². The monoisotopic (exact) mass is 267 g/mol. The Morgan fingerprint density at radius 2 is 1.95 bits per heavy atom. The molecule has 1 aromatic rings. The van der Waals surface area contributed by atoms with E-state index in [0.29, 0.717) is 13.0 Å². The predicted octanol–water partition coefficient (Wildman–Crippen LogP) is 1.33. The van der Waals surface area contributed by atoms with Gasteiger partial charge in [0.25, 0.3) is 0 Å². The topological polar surface area (TPSA) is 75.7 Å². The van der Waals surface area contributed by atoms with E-state index in [4.69, 9.17) is 10.5 Å². The van der Waals surface area contributed by atoms with E-state index in [-0.39, 0.29) is 12.5 Å². The molecule has 0 aromatic heterocycles. The molecule has 4 nitrogen and oxygen atoms in total. The van der Waals surface area contributed by atoms with Gasteiger partial charge in [0.05, 0.1) is 18.3 Å². The van der Waals surface area contributed by atoms with Crippen molar-refractivity contribution in [2.24, 2.45) is 11.7 Å². The number of rotatable bonds is 7. The number of hydrogen-bond acceptors (Lipinski definition) is 4. The summed E-state index contributed by atoms with van der Waals surface area (Å²) in [6, 6.07) is 7.56. The lowest BCUT2D eigenvalue weighted by molar-refractivity contribution is -0.101. The molecule has 2 unspecified atom stereocenters. The van der Waals surface area contributed by atoms with E-state index in [2.05, 4.69) is 0 Å². The summed E-state index contributed by atoms with van der Waals surface area (Å²) in [6.45, 7) is 6.27. The van der Waals surface area contributed by atoms with Gasteiger partial charge in [-0.05, 0) is 24.5 Å². The van der Waals surface area contributed by atoms with Crippen molar-refractivity contribution in [3.63, 3.8) is 0 Å². The molecule has 0 radical (unpaired) electrons. The zero-order valence-corrected chi connectivity index (χ0v) is 12.0. The molecule has 0 aliphatic carbocycles. The van der Waals surface area contributed by atoms with E-state index in [1.165, 1.54) is 0 Å². The zero-order chi connectivity index (χ0) is 14.5. The smallest absolute Gasteiger partial charge is 0.122 e. The Morgan fingerprint density at radius 1 is 1.32 bits per heavy atom. The highest BCUT2D eigenvalue weighted by Crippen LogP contribution is 2.30. The van der Waals surface area contributed by atoms with Crippen molar-refractivity contribution in [2.75, 3.05) is 13.2 Å². The fourth-order valence-corrected chi connectivity index (χ4v) is 2.16. The normalized spacial score (nSPS) is 16.2.